The number of nitrogens with zero attached hydrogens (tertiary/aromatic N) is 2. The minimum atomic E-state index is 0.860. The topological polar surface area (TPSA) is 51.8 Å². The molecule has 0 aromatic carbocycles. The van der Waals surface area contributed by atoms with E-state index in [1.54, 1.807) is 12.2 Å². The fraction of sp³-hybridized carbons (Fsp3) is 0.111. The molecule has 3 nitrogen and oxygen atoms in total. The molecule has 0 amide bonds. The van der Waals surface area contributed by atoms with Gasteiger partial charge in [0, 0.05) is 5.57 Å². The maximum atomic E-state index is 5.30. The van der Waals surface area contributed by atoms with Gasteiger partial charge in [0.15, 0.2) is 0 Å². The molecule has 1 aromatic rings. The van der Waals surface area contributed by atoms with Crippen LogP contribution in [0.5, 0.6) is 0 Å². The third-order valence-corrected chi connectivity index (χ3v) is 2.23. The number of aryl methyl sites for hydroxylation is 1. The number of nitrogens with two attached hydrogens (primary N) is 1. The lowest BCUT2D eigenvalue weighted by Gasteiger charge is -1.91. The van der Waals surface area contributed by atoms with E-state index in [1.165, 1.54) is 17.5 Å². The van der Waals surface area contributed by atoms with E-state index in [0.29, 0.717) is 0 Å². The molecule has 68 valence electrons. The van der Waals surface area contributed by atoms with Crippen LogP contribution in [-0.4, -0.2) is 10.2 Å². The van der Waals surface area contributed by atoms with E-state index < -0.39 is 0 Å². The summed E-state index contributed by atoms with van der Waals surface area (Å²) in [5, 5.41) is 9.72. The van der Waals surface area contributed by atoms with Crippen LogP contribution in [0.25, 0.3) is 5.57 Å². The molecule has 0 aliphatic heterocycles. The van der Waals surface area contributed by atoms with Crippen molar-refractivity contribution in [2.75, 3.05) is 0 Å². The summed E-state index contributed by atoms with van der Waals surface area (Å²) in [6.07, 6.45) is 6.81. The van der Waals surface area contributed by atoms with Gasteiger partial charge in [0.1, 0.15) is 10.0 Å². The van der Waals surface area contributed by atoms with Gasteiger partial charge in [-0.1, -0.05) is 30.1 Å². The molecule has 0 saturated heterocycles. The highest BCUT2D eigenvalue weighted by Gasteiger charge is 2.02. The third-order valence-electron chi connectivity index (χ3n) is 1.35. The molecule has 0 saturated carbocycles. The van der Waals surface area contributed by atoms with Crippen molar-refractivity contribution in [3.05, 3.63) is 41.0 Å². The SMILES string of the molecule is C=C/C=C(\C=C/N)c1nnc(C)s1. The van der Waals surface area contributed by atoms with E-state index >= 15 is 0 Å². The first-order chi connectivity index (χ1) is 6.27. The number of hydrogen-bond donors (Lipinski definition) is 1. The van der Waals surface area contributed by atoms with E-state index in [4.69, 9.17) is 5.73 Å². The van der Waals surface area contributed by atoms with E-state index in [9.17, 15) is 0 Å². The van der Waals surface area contributed by atoms with Crippen molar-refractivity contribution in [2.24, 2.45) is 5.73 Å². The molecule has 0 aliphatic carbocycles. The van der Waals surface area contributed by atoms with Crippen molar-refractivity contribution in [2.45, 2.75) is 6.92 Å². The minimum Gasteiger partial charge on any atom is -0.405 e. The van der Waals surface area contributed by atoms with Crippen molar-refractivity contribution < 1.29 is 0 Å². The van der Waals surface area contributed by atoms with Crippen LogP contribution in [0, 0.1) is 6.92 Å². The van der Waals surface area contributed by atoms with Gasteiger partial charge in [0.2, 0.25) is 0 Å². The maximum Gasteiger partial charge on any atom is 0.147 e. The molecule has 0 radical (unpaired) electrons. The van der Waals surface area contributed by atoms with Gasteiger partial charge in [-0.2, -0.15) is 0 Å². The van der Waals surface area contributed by atoms with Crippen LogP contribution >= 0.6 is 11.3 Å². The average Bonchev–Trinajstić information content (AvgIpc) is 2.51. The molecular formula is C9H11N3S. The van der Waals surface area contributed by atoms with Crippen molar-refractivity contribution in [1.82, 2.24) is 10.2 Å². The van der Waals surface area contributed by atoms with E-state index in [-0.39, 0.29) is 0 Å². The van der Waals surface area contributed by atoms with Gasteiger partial charge in [-0.3, -0.25) is 0 Å². The molecule has 2 N–H and O–H groups in total. The molecule has 0 aliphatic rings. The lowest BCUT2D eigenvalue weighted by atomic mass is 10.2. The molecule has 1 aromatic heterocycles. The summed E-state index contributed by atoms with van der Waals surface area (Å²) in [4.78, 5) is 0. The molecule has 0 fully saturated rings. The number of rotatable bonds is 3. The predicted molar refractivity (Wildman–Crippen MR) is 56.1 cm³/mol. The lowest BCUT2D eigenvalue weighted by Crippen LogP contribution is -1.82. The van der Waals surface area contributed by atoms with Crippen LogP contribution in [0.2, 0.25) is 0 Å². The van der Waals surface area contributed by atoms with E-state index in [2.05, 4.69) is 16.8 Å². The minimum absolute atomic E-state index is 0.860. The lowest BCUT2D eigenvalue weighted by molar-refractivity contribution is 1.04. The van der Waals surface area contributed by atoms with Gasteiger partial charge >= 0.3 is 0 Å². The van der Waals surface area contributed by atoms with Gasteiger partial charge in [0.05, 0.1) is 0 Å². The monoisotopic (exact) mass is 193 g/mol. The summed E-state index contributed by atoms with van der Waals surface area (Å²) < 4.78 is 0. The van der Waals surface area contributed by atoms with Crippen LogP contribution in [-0.2, 0) is 0 Å². The zero-order valence-electron chi connectivity index (χ0n) is 7.40. The predicted octanol–water partition coefficient (Wildman–Crippen LogP) is 1.89. The van der Waals surface area contributed by atoms with Gasteiger partial charge in [-0.25, -0.2) is 0 Å². The Bertz CT molecular complexity index is 349. The quantitative estimate of drug-likeness (QED) is 0.746. The molecule has 1 rings (SSSR count). The maximum absolute atomic E-state index is 5.30. The van der Waals surface area contributed by atoms with Gasteiger partial charge in [-0.05, 0) is 19.2 Å². The second kappa shape index (κ2) is 4.57. The molecule has 0 spiro atoms. The normalized spacial score (nSPS) is 12.2. The molecule has 0 atom stereocenters. The number of aromatic nitrogens is 2. The summed E-state index contributed by atoms with van der Waals surface area (Å²) in [6, 6.07) is 0. The largest absolute Gasteiger partial charge is 0.405 e. The smallest absolute Gasteiger partial charge is 0.147 e. The molecule has 1 heterocycles. The Hall–Kier alpha value is -1.42. The Morgan fingerprint density at radius 1 is 1.54 bits per heavy atom. The highest BCUT2D eigenvalue weighted by Crippen LogP contribution is 2.19. The highest BCUT2D eigenvalue weighted by molar-refractivity contribution is 7.12. The standard InChI is InChI=1S/C9H11N3S/c1-3-4-8(5-6-10)9-12-11-7(2)13-9/h3-6H,1,10H2,2H3/b6-5-,8-4+. The molecular weight excluding hydrogens is 182 g/mol. The van der Waals surface area contributed by atoms with Crippen LogP contribution in [0.1, 0.15) is 10.0 Å². The number of hydrogen-bond acceptors (Lipinski definition) is 4. The third kappa shape index (κ3) is 2.52. The summed E-state index contributed by atoms with van der Waals surface area (Å²) in [5.74, 6) is 0. The summed E-state index contributed by atoms with van der Waals surface area (Å²) in [7, 11) is 0. The van der Waals surface area contributed by atoms with Crippen LogP contribution < -0.4 is 5.73 Å². The highest BCUT2D eigenvalue weighted by atomic mass is 32.1. The van der Waals surface area contributed by atoms with Crippen molar-refractivity contribution >= 4 is 16.9 Å². The van der Waals surface area contributed by atoms with E-state index in [1.807, 2.05) is 13.0 Å². The molecule has 4 heteroatoms. The Kier molecular flexibility index (Phi) is 3.40. The van der Waals surface area contributed by atoms with Crippen molar-refractivity contribution in [1.29, 1.82) is 0 Å². The van der Waals surface area contributed by atoms with Crippen molar-refractivity contribution in [3.8, 4) is 0 Å². The Morgan fingerprint density at radius 3 is 2.77 bits per heavy atom. The van der Waals surface area contributed by atoms with Crippen LogP contribution in [0.3, 0.4) is 0 Å². The summed E-state index contributed by atoms with van der Waals surface area (Å²) >= 11 is 1.53. The molecule has 13 heavy (non-hydrogen) atoms. The number of allylic oxidation sites excluding steroid dienone is 4. The van der Waals surface area contributed by atoms with E-state index in [0.717, 1.165) is 15.6 Å². The first-order valence-corrected chi connectivity index (χ1v) is 4.61. The fourth-order valence-corrected chi connectivity index (χ4v) is 1.54. The zero-order chi connectivity index (χ0) is 9.68. The first kappa shape index (κ1) is 9.67. The molecule has 0 unspecified atom stereocenters. The molecule has 0 bridgehead atoms. The van der Waals surface area contributed by atoms with Gasteiger partial charge in [-0.15, -0.1) is 10.2 Å². The summed E-state index contributed by atoms with van der Waals surface area (Å²) in [6.45, 7) is 5.54. The van der Waals surface area contributed by atoms with Gasteiger partial charge in [0.25, 0.3) is 0 Å². The zero-order valence-corrected chi connectivity index (χ0v) is 8.21. The Labute approximate surface area is 81.3 Å². The van der Waals surface area contributed by atoms with Gasteiger partial charge < -0.3 is 5.73 Å². The average molecular weight is 193 g/mol. The van der Waals surface area contributed by atoms with Crippen LogP contribution in [0.4, 0.5) is 0 Å². The Morgan fingerprint density at radius 2 is 2.31 bits per heavy atom. The van der Waals surface area contributed by atoms with Crippen molar-refractivity contribution in [3.63, 3.8) is 0 Å². The first-order valence-electron chi connectivity index (χ1n) is 3.79. The second-order valence-corrected chi connectivity index (χ2v) is 3.52. The fourth-order valence-electron chi connectivity index (χ4n) is 0.842. The second-order valence-electron chi connectivity index (χ2n) is 2.34. The van der Waals surface area contributed by atoms with Crippen LogP contribution in [0.15, 0.2) is 31.0 Å². The summed E-state index contributed by atoms with van der Waals surface area (Å²) in [5.41, 5.74) is 6.24. The Balaban J connectivity index is 3.01.